The Labute approximate surface area is 108 Å². The van der Waals surface area contributed by atoms with Crippen LogP contribution >= 0.6 is 0 Å². The van der Waals surface area contributed by atoms with Gasteiger partial charge in [0, 0.05) is 18.2 Å². The molecule has 1 aliphatic carbocycles. The van der Waals surface area contributed by atoms with E-state index in [4.69, 9.17) is 4.74 Å². The fourth-order valence-corrected chi connectivity index (χ4v) is 3.37. The summed E-state index contributed by atoms with van der Waals surface area (Å²) in [7, 11) is 1.69. The summed E-state index contributed by atoms with van der Waals surface area (Å²) in [6.07, 6.45) is 5.60. The van der Waals surface area contributed by atoms with Crippen molar-refractivity contribution in [2.24, 2.45) is 5.92 Å². The maximum atomic E-state index is 10.3. The van der Waals surface area contributed by atoms with E-state index in [1.54, 1.807) is 7.11 Å². The minimum Gasteiger partial charge on any atom is -0.497 e. The molecule has 2 N–H and O–H groups in total. The lowest BCUT2D eigenvalue weighted by atomic mass is 9.86. The molecular weight excluding hydrogens is 226 g/mol. The molecule has 3 nitrogen and oxygen atoms in total. The number of hydrogen-bond acceptors (Lipinski definition) is 3. The summed E-state index contributed by atoms with van der Waals surface area (Å²) in [5, 5.41) is 13.8. The highest BCUT2D eigenvalue weighted by molar-refractivity contribution is 5.58. The number of nitrogens with one attached hydrogen (secondary N) is 1. The van der Waals surface area contributed by atoms with Crippen LogP contribution in [0.4, 0.5) is 5.69 Å². The van der Waals surface area contributed by atoms with Crippen LogP contribution in [0.1, 0.15) is 31.2 Å². The zero-order chi connectivity index (χ0) is 12.5. The summed E-state index contributed by atoms with van der Waals surface area (Å²) in [4.78, 5) is 0. The van der Waals surface area contributed by atoms with Gasteiger partial charge in [-0.1, -0.05) is 18.9 Å². The lowest BCUT2D eigenvalue weighted by Crippen LogP contribution is -2.43. The second-order valence-corrected chi connectivity index (χ2v) is 5.51. The molecule has 98 valence electrons. The maximum Gasteiger partial charge on any atom is 0.120 e. The zero-order valence-electron chi connectivity index (χ0n) is 10.9. The van der Waals surface area contributed by atoms with Crippen LogP contribution in [0.3, 0.4) is 0 Å². The van der Waals surface area contributed by atoms with Crippen LogP contribution in [-0.2, 0) is 6.42 Å². The molecule has 1 saturated carbocycles. The third kappa shape index (κ3) is 2.07. The molecule has 2 aliphatic rings. The van der Waals surface area contributed by atoms with Crippen molar-refractivity contribution in [1.82, 2.24) is 0 Å². The Morgan fingerprint density at radius 2 is 2.06 bits per heavy atom. The summed E-state index contributed by atoms with van der Waals surface area (Å²) in [5.74, 6) is 1.50. The zero-order valence-corrected chi connectivity index (χ0v) is 10.9. The number of anilines is 1. The van der Waals surface area contributed by atoms with Gasteiger partial charge >= 0.3 is 0 Å². The fourth-order valence-electron chi connectivity index (χ4n) is 3.37. The van der Waals surface area contributed by atoms with Crippen LogP contribution in [-0.4, -0.2) is 24.4 Å². The molecule has 0 amide bonds. The molecule has 1 heterocycles. The number of benzene rings is 1. The number of fused-ring (bicyclic) bond motifs is 1. The van der Waals surface area contributed by atoms with Crippen molar-refractivity contribution in [3.05, 3.63) is 23.8 Å². The van der Waals surface area contributed by atoms with E-state index in [-0.39, 0.29) is 12.1 Å². The van der Waals surface area contributed by atoms with E-state index in [2.05, 4.69) is 11.4 Å². The van der Waals surface area contributed by atoms with Crippen LogP contribution in [0.15, 0.2) is 18.2 Å². The number of methoxy groups -OCH3 is 1. The number of aliphatic hydroxyl groups excluding tert-OH is 1. The standard InChI is InChI=1S/C15H21NO2/c1-18-12-7-6-11-8-14(17)15(16-13(11)9-12)10-4-2-3-5-10/h6-7,9-10,14-17H,2-5,8H2,1H3. The molecule has 2 atom stereocenters. The summed E-state index contributed by atoms with van der Waals surface area (Å²) in [6.45, 7) is 0. The summed E-state index contributed by atoms with van der Waals surface area (Å²) < 4.78 is 5.27. The first-order valence-electron chi connectivity index (χ1n) is 6.89. The van der Waals surface area contributed by atoms with Gasteiger partial charge in [-0.25, -0.2) is 0 Å². The van der Waals surface area contributed by atoms with Crippen LogP contribution < -0.4 is 10.1 Å². The molecule has 2 unspecified atom stereocenters. The maximum absolute atomic E-state index is 10.3. The number of aliphatic hydroxyl groups is 1. The largest absolute Gasteiger partial charge is 0.497 e. The average Bonchev–Trinajstić information content (AvgIpc) is 2.91. The van der Waals surface area contributed by atoms with Crippen molar-refractivity contribution < 1.29 is 9.84 Å². The first kappa shape index (κ1) is 11.8. The van der Waals surface area contributed by atoms with E-state index in [0.29, 0.717) is 5.92 Å². The SMILES string of the molecule is COc1ccc2c(c1)NC(C1CCCC1)C(O)C2. The van der Waals surface area contributed by atoms with Crippen LogP contribution in [0.25, 0.3) is 0 Å². The molecule has 1 aliphatic heterocycles. The normalized spacial score (nSPS) is 27.7. The third-order valence-electron chi connectivity index (χ3n) is 4.39. The molecule has 3 heteroatoms. The Balaban J connectivity index is 1.84. The average molecular weight is 247 g/mol. The predicted octanol–water partition coefficient (Wildman–Crippen LogP) is 2.58. The highest BCUT2D eigenvalue weighted by Crippen LogP contribution is 2.36. The van der Waals surface area contributed by atoms with Crippen LogP contribution in [0.5, 0.6) is 5.75 Å². The smallest absolute Gasteiger partial charge is 0.120 e. The molecule has 0 radical (unpaired) electrons. The molecule has 3 rings (SSSR count). The van der Waals surface area contributed by atoms with Gasteiger partial charge in [0.05, 0.1) is 19.3 Å². The van der Waals surface area contributed by atoms with E-state index in [0.717, 1.165) is 17.9 Å². The van der Waals surface area contributed by atoms with Gasteiger partial charge in [0.15, 0.2) is 0 Å². The first-order chi connectivity index (χ1) is 8.78. The highest BCUT2D eigenvalue weighted by Gasteiger charge is 2.34. The van der Waals surface area contributed by atoms with Gasteiger partial charge in [0.25, 0.3) is 0 Å². The van der Waals surface area contributed by atoms with Gasteiger partial charge in [-0.15, -0.1) is 0 Å². The van der Waals surface area contributed by atoms with Crippen molar-refractivity contribution in [2.45, 2.75) is 44.2 Å². The Bertz CT molecular complexity index is 427. The van der Waals surface area contributed by atoms with Crippen molar-refractivity contribution in [3.63, 3.8) is 0 Å². The lowest BCUT2D eigenvalue weighted by Gasteiger charge is -2.35. The van der Waals surface area contributed by atoms with Gasteiger partial charge in [-0.3, -0.25) is 0 Å². The van der Waals surface area contributed by atoms with Gasteiger partial charge in [0.1, 0.15) is 5.75 Å². The topological polar surface area (TPSA) is 41.5 Å². The minimum atomic E-state index is -0.256. The number of rotatable bonds is 2. The van der Waals surface area contributed by atoms with E-state index < -0.39 is 0 Å². The molecule has 0 spiro atoms. The Morgan fingerprint density at radius 3 is 2.78 bits per heavy atom. The van der Waals surface area contributed by atoms with Crippen molar-refractivity contribution in [2.75, 3.05) is 12.4 Å². The lowest BCUT2D eigenvalue weighted by molar-refractivity contribution is 0.122. The molecule has 18 heavy (non-hydrogen) atoms. The molecular formula is C15H21NO2. The molecule has 1 aromatic carbocycles. The molecule has 0 saturated heterocycles. The highest BCUT2D eigenvalue weighted by atomic mass is 16.5. The number of hydrogen-bond donors (Lipinski definition) is 2. The minimum absolute atomic E-state index is 0.215. The summed E-state index contributed by atoms with van der Waals surface area (Å²) >= 11 is 0. The van der Waals surface area contributed by atoms with Gasteiger partial charge in [-0.05, 0) is 30.4 Å². The first-order valence-corrected chi connectivity index (χ1v) is 6.89. The van der Waals surface area contributed by atoms with Gasteiger partial charge < -0.3 is 15.2 Å². The third-order valence-corrected chi connectivity index (χ3v) is 4.39. The summed E-state index contributed by atoms with van der Waals surface area (Å²) in [5.41, 5.74) is 2.33. The van der Waals surface area contributed by atoms with Crippen LogP contribution in [0, 0.1) is 5.92 Å². The van der Waals surface area contributed by atoms with E-state index in [9.17, 15) is 5.11 Å². The van der Waals surface area contributed by atoms with E-state index >= 15 is 0 Å². The van der Waals surface area contributed by atoms with Crippen LogP contribution in [0.2, 0.25) is 0 Å². The summed E-state index contributed by atoms with van der Waals surface area (Å²) in [6, 6.07) is 6.27. The Hall–Kier alpha value is -1.22. The Morgan fingerprint density at radius 1 is 1.28 bits per heavy atom. The van der Waals surface area contributed by atoms with Crippen molar-refractivity contribution >= 4 is 5.69 Å². The second-order valence-electron chi connectivity index (χ2n) is 5.51. The molecule has 0 bridgehead atoms. The molecule has 1 aromatic rings. The van der Waals surface area contributed by atoms with Crippen molar-refractivity contribution in [1.29, 1.82) is 0 Å². The Kier molecular flexibility index (Phi) is 3.16. The fraction of sp³-hybridized carbons (Fsp3) is 0.600. The quantitative estimate of drug-likeness (QED) is 0.844. The monoisotopic (exact) mass is 247 g/mol. The van der Waals surface area contributed by atoms with E-state index in [1.165, 1.54) is 31.2 Å². The van der Waals surface area contributed by atoms with E-state index in [1.807, 2.05) is 12.1 Å². The molecule has 0 aromatic heterocycles. The molecule has 1 fully saturated rings. The van der Waals surface area contributed by atoms with Crippen molar-refractivity contribution in [3.8, 4) is 5.75 Å². The predicted molar refractivity (Wildman–Crippen MR) is 72.1 cm³/mol. The van der Waals surface area contributed by atoms with Gasteiger partial charge in [-0.2, -0.15) is 0 Å². The second kappa shape index (κ2) is 4.81. The van der Waals surface area contributed by atoms with Gasteiger partial charge in [0.2, 0.25) is 0 Å². The number of ether oxygens (including phenoxy) is 1.